The van der Waals surface area contributed by atoms with Crippen molar-refractivity contribution in [2.45, 2.75) is 19.4 Å². The number of hydrogen-bond acceptors (Lipinski definition) is 5. The summed E-state index contributed by atoms with van der Waals surface area (Å²) < 4.78 is 0. The lowest BCUT2D eigenvalue weighted by Crippen LogP contribution is -2.13. The van der Waals surface area contributed by atoms with Crippen molar-refractivity contribution in [3.05, 3.63) is 56.0 Å². The molecule has 1 aromatic heterocycles. The molecule has 0 aliphatic rings. The summed E-state index contributed by atoms with van der Waals surface area (Å²) in [5, 5.41) is 13.4. The van der Waals surface area contributed by atoms with Gasteiger partial charge in [-0.1, -0.05) is 12.1 Å². The fraction of sp³-hybridized carbons (Fsp3) is 0.250. The smallest absolute Gasteiger partial charge is 0.269 e. The Hall–Kier alpha value is -1.79. The maximum absolute atomic E-state index is 10.5. The Morgan fingerprint density at radius 3 is 2.61 bits per heavy atom. The van der Waals surface area contributed by atoms with Gasteiger partial charge in [-0.15, -0.1) is 11.3 Å². The average molecular weight is 263 g/mol. The fourth-order valence-electron chi connectivity index (χ4n) is 1.64. The molecule has 0 bridgehead atoms. The predicted octanol–water partition coefficient (Wildman–Crippen LogP) is 2.60. The van der Waals surface area contributed by atoms with Crippen LogP contribution < -0.4 is 5.73 Å². The molecule has 0 amide bonds. The molecule has 6 heteroatoms. The number of aryl methyl sites for hydroxylation is 1. The molecule has 0 saturated carbocycles. The quantitative estimate of drug-likeness (QED) is 0.679. The molecule has 0 aliphatic heterocycles. The highest BCUT2D eigenvalue weighted by molar-refractivity contribution is 7.09. The van der Waals surface area contributed by atoms with Crippen LogP contribution in [-0.4, -0.2) is 9.91 Å². The summed E-state index contributed by atoms with van der Waals surface area (Å²) in [6.45, 7) is 1.93. The summed E-state index contributed by atoms with van der Waals surface area (Å²) in [7, 11) is 0. The average Bonchev–Trinajstić information content (AvgIpc) is 2.76. The normalized spacial score (nSPS) is 12.3. The van der Waals surface area contributed by atoms with Crippen LogP contribution in [0.5, 0.6) is 0 Å². The van der Waals surface area contributed by atoms with E-state index in [4.69, 9.17) is 5.73 Å². The summed E-state index contributed by atoms with van der Waals surface area (Å²) in [5.74, 6) is 0. The lowest BCUT2D eigenvalue weighted by atomic mass is 10.1. The topological polar surface area (TPSA) is 82.0 Å². The third kappa shape index (κ3) is 2.91. The van der Waals surface area contributed by atoms with Gasteiger partial charge in [0, 0.05) is 23.2 Å². The third-order valence-corrected chi connectivity index (χ3v) is 3.65. The number of rotatable bonds is 4. The van der Waals surface area contributed by atoms with Crippen LogP contribution in [0.2, 0.25) is 0 Å². The summed E-state index contributed by atoms with van der Waals surface area (Å²) >= 11 is 1.54. The summed E-state index contributed by atoms with van der Waals surface area (Å²) in [6.07, 6.45) is 0.630. The van der Waals surface area contributed by atoms with Crippen LogP contribution in [0.3, 0.4) is 0 Å². The van der Waals surface area contributed by atoms with Gasteiger partial charge in [0.25, 0.3) is 5.69 Å². The summed E-state index contributed by atoms with van der Waals surface area (Å²) in [6, 6.07) is 6.30. The minimum Gasteiger partial charge on any atom is -0.322 e. The summed E-state index contributed by atoms with van der Waals surface area (Å²) in [5.41, 5.74) is 8.09. The molecule has 5 nitrogen and oxygen atoms in total. The molecule has 1 aromatic carbocycles. The van der Waals surface area contributed by atoms with Crippen LogP contribution in [0.4, 0.5) is 5.69 Å². The monoisotopic (exact) mass is 263 g/mol. The van der Waals surface area contributed by atoms with Gasteiger partial charge in [-0.2, -0.15) is 0 Å². The zero-order valence-electron chi connectivity index (χ0n) is 9.87. The van der Waals surface area contributed by atoms with Gasteiger partial charge in [0.05, 0.1) is 11.0 Å². The fourth-order valence-corrected chi connectivity index (χ4v) is 2.44. The SMILES string of the molecule is Cc1csc([C@@H](N)Cc2ccc([N+](=O)[O-])cc2)n1. The Kier molecular flexibility index (Phi) is 3.69. The molecule has 94 valence electrons. The van der Waals surface area contributed by atoms with Crippen LogP contribution in [0, 0.1) is 17.0 Å². The van der Waals surface area contributed by atoms with E-state index in [2.05, 4.69) is 4.98 Å². The van der Waals surface area contributed by atoms with Crippen LogP contribution in [-0.2, 0) is 6.42 Å². The number of thiazole rings is 1. The molecule has 1 atom stereocenters. The molecular weight excluding hydrogens is 250 g/mol. The Bertz CT molecular complexity index is 551. The molecule has 0 fully saturated rings. The largest absolute Gasteiger partial charge is 0.322 e. The second-order valence-electron chi connectivity index (χ2n) is 4.06. The number of aromatic nitrogens is 1. The Balaban J connectivity index is 2.07. The van der Waals surface area contributed by atoms with Gasteiger partial charge in [0.1, 0.15) is 5.01 Å². The minimum atomic E-state index is -0.409. The Labute approximate surface area is 108 Å². The van der Waals surface area contributed by atoms with Gasteiger partial charge in [-0.05, 0) is 18.9 Å². The highest BCUT2D eigenvalue weighted by atomic mass is 32.1. The number of nitro groups is 1. The zero-order chi connectivity index (χ0) is 13.1. The second-order valence-corrected chi connectivity index (χ2v) is 4.95. The minimum absolute atomic E-state index is 0.0948. The van der Waals surface area contributed by atoms with E-state index in [-0.39, 0.29) is 11.7 Å². The van der Waals surface area contributed by atoms with Crippen LogP contribution in [0.25, 0.3) is 0 Å². The Morgan fingerprint density at radius 1 is 1.44 bits per heavy atom. The van der Waals surface area contributed by atoms with E-state index in [1.807, 2.05) is 12.3 Å². The molecule has 1 heterocycles. The molecule has 2 rings (SSSR count). The standard InChI is InChI=1S/C12H13N3O2S/c1-8-7-18-12(14-8)11(13)6-9-2-4-10(5-3-9)15(16)17/h2-5,7,11H,6,13H2,1H3/t11-/m0/s1. The highest BCUT2D eigenvalue weighted by Gasteiger charge is 2.12. The van der Waals surface area contributed by atoms with Gasteiger partial charge in [-0.25, -0.2) is 4.98 Å². The number of benzene rings is 1. The lowest BCUT2D eigenvalue weighted by molar-refractivity contribution is -0.384. The lowest BCUT2D eigenvalue weighted by Gasteiger charge is -2.08. The molecule has 0 saturated heterocycles. The predicted molar refractivity (Wildman–Crippen MR) is 70.6 cm³/mol. The summed E-state index contributed by atoms with van der Waals surface area (Å²) in [4.78, 5) is 14.5. The van der Waals surface area contributed by atoms with Crippen molar-refractivity contribution in [1.82, 2.24) is 4.98 Å². The molecule has 2 N–H and O–H groups in total. The van der Waals surface area contributed by atoms with Crippen molar-refractivity contribution in [3.8, 4) is 0 Å². The van der Waals surface area contributed by atoms with Gasteiger partial charge >= 0.3 is 0 Å². The Morgan fingerprint density at radius 2 is 2.11 bits per heavy atom. The second kappa shape index (κ2) is 5.24. The number of nitrogens with two attached hydrogens (primary N) is 1. The molecule has 18 heavy (non-hydrogen) atoms. The van der Waals surface area contributed by atoms with E-state index in [1.165, 1.54) is 12.1 Å². The van der Waals surface area contributed by atoms with Crippen molar-refractivity contribution in [1.29, 1.82) is 0 Å². The number of hydrogen-bond donors (Lipinski definition) is 1. The van der Waals surface area contributed by atoms with Crippen LogP contribution in [0.15, 0.2) is 29.6 Å². The van der Waals surface area contributed by atoms with Crippen molar-refractivity contribution < 1.29 is 4.92 Å². The van der Waals surface area contributed by atoms with Gasteiger partial charge in [0.15, 0.2) is 0 Å². The molecule has 0 spiro atoms. The van der Waals surface area contributed by atoms with Gasteiger partial charge < -0.3 is 5.73 Å². The molecular formula is C12H13N3O2S. The molecule has 0 aliphatic carbocycles. The van der Waals surface area contributed by atoms with Crippen LogP contribution >= 0.6 is 11.3 Å². The van der Waals surface area contributed by atoms with Gasteiger partial charge in [-0.3, -0.25) is 10.1 Å². The van der Waals surface area contributed by atoms with E-state index < -0.39 is 4.92 Å². The number of nitrogens with zero attached hydrogens (tertiary/aromatic N) is 2. The van der Waals surface area contributed by atoms with Crippen molar-refractivity contribution in [2.24, 2.45) is 5.73 Å². The van der Waals surface area contributed by atoms with Gasteiger partial charge in [0.2, 0.25) is 0 Å². The van der Waals surface area contributed by atoms with E-state index in [0.29, 0.717) is 6.42 Å². The first kappa shape index (κ1) is 12.7. The first-order valence-corrected chi connectivity index (χ1v) is 6.35. The van der Waals surface area contributed by atoms with Crippen LogP contribution in [0.1, 0.15) is 22.3 Å². The number of non-ortho nitro benzene ring substituents is 1. The maximum Gasteiger partial charge on any atom is 0.269 e. The van der Waals surface area contributed by atoms with E-state index in [1.54, 1.807) is 23.5 Å². The first-order valence-electron chi connectivity index (χ1n) is 5.47. The maximum atomic E-state index is 10.5. The first-order chi connectivity index (χ1) is 8.56. The van der Waals surface area contributed by atoms with E-state index >= 15 is 0 Å². The molecule has 0 radical (unpaired) electrons. The van der Waals surface area contributed by atoms with Crippen molar-refractivity contribution in [2.75, 3.05) is 0 Å². The highest BCUT2D eigenvalue weighted by Crippen LogP contribution is 2.21. The number of nitro benzene ring substituents is 1. The van der Waals surface area contributed by atoms with Crippen molar-refractivity contribution >= 4 is 17.0 Å². The molecule has 0 unspecified atom stereocenters. The van der Waals surface area contributed by atoms with Crippen molar-refractivity contribution in [3.63, 3.8) is 0 Å². The third-order valence-electron chi connectivity index (χ3n) is 2.56. The molecule has 2 aromatic rings. The zero-order valence-corrected chi connectivity index (χ0v) is 10.7. The van der Waals surface area contributed by atoms with E-state index in [9.17, 15) is 10.1 Å². The van der Waals surface area contributed by atoms with E-state index in [0.717, 1.165) is 16.3 Å².